The number of anilines is 1. The number of fused-ring (bicyclic) bond motifs is 1. The van der Waals surface area contributed by atoms with E-state index < -0.39 is 30.6 Å². The molecule has 4 rings (SSSR count). The number of carbonyl (C=O) groups excluding carboxylic acids is 1. The summed E-state index contributed by atoms with van der Waals surface area (Å²) in [5, 5.41) is 10.9. The Morgan fingerprint density at radius 2 is 2.18 bits per heavy atom. The molecule has 0 radical (unpaired) electrons. The summed E-state index contributed by atoms with van der Waals surface area (Å²) in [5.74, 6) is 0.797. The van der Waals surface area contributed by atoms with E-state index in [-0.39, 0.29) is 5.82 Å². The van der Waals surface area contributed by atoms with E-state index in [4.69, 9.17) is 19.9 Å². The number of aromatic nitrogens is 4. The van der Waals surface area contributed by atoms with Gasteiger partial charge in [-0.1, -0.05) is 0 Å². The normalized spacial score (nSPS) is 28.0. The summed E-state index contributed by atoms with van der Waals surface area (Å²) in [7, 11) is 0. The van der Waals surface area contributed by atoms with Crippen LogP contribution in [0.1, 0.15) is 6.23 Å². The highest BCUT2D eigenvalue weighted by Gasteiger charge is 2.48. The standard InChI is InChI=1S/C16H22N6O5S/c1-28-6-9-12(27-16(24)21-2-4-25-5-3-21)11(23)15(26-9)22-8-20-10-13(17)18-7-19-14(10)22/h7-9,11-12,15,23H,2-6H2,1H3,(H2,17,18,19)/t9-,11+,12?,15-/m1/s1. The number of hydrogen-bond donors (Lipinski definition) is 2. The summed E-state index contributed by atoms with van der Waals surface area (Å²) < 4.78 is 18.5. The summed E-state index contributed by atoms with van der Waals surface area (Å²) in [6.07, 6.45) is 1.07. The molecular weight excluding hydrogens is 388 g/mol. The average Bonchev–Trinajstić information content (AvgIpc) is 3.26. The molecule has 3 N–H and O–H groups in total. The molecular formula is C16H22N6O5S. The van der Waals surface area contributed by atoms with Gasteiger partial charge in [0.25, 0.3) is 0 Å². The minimum Gasteiger partial charge on any atom is -0.440 e. The van der Waals surface area contributed by atoms with Gasteiger partial charge in [-0.25, -0.2) is 19.7 Å². The van der Waals surface area contributed by atoms with Crippen LogP contribution in [0.3, 0.4) is 0 Å². The fourth-order valence-electron chi connectivity index (χ4n) is 3.39. The first-order valence-electron chi connectivity index (χ1n) is 8.89. The number of ether oxygens (including phenoxy) is 3. The van der Waals surface area contributed by atoms with Crippen molar-refractivity contribution in [2.24, 2.45) is 0 Å². The van der Waals surface area contributed by atoms with Crippen molar-refractivity contribution in [2.75, 3.05) is 44.0 Å². The number of imidazole rings is 1. The summed E-state index contributed by atoms with van der Waals surface area (Å²) in [6, 6.07) is 0. The number of thioether (sulfide) groups is 1. The first-order valence-corrected chi connectivity index (χ1v) is 10.3. The summed E-state index contributed by atoms with van der Waals surface area (Å²) in [4.78, 5) is 26.4. The predicted molar refractivity (Wildman–Crippen MR) is 101 cm³/mol. The van der Waals surface area contributed by atoms with Crippen LogP contribution in [0.5, 0.6) is 0 Å². The zero-order valence-corrected chi connectivity index (χ0v) is 16.1. The van der Waals surface area contributed by atoms with E-state index in [9.17, 15) is 9.90 Å². The second-order valence-electron chi connectivity index (χ2n) is 6.54. The van der Waals surface area contributed by atoms with Crippen molar-refractivity contribution >= 4 is 34.8 Å². The molecule has 0 aliphatic carbocycles. The lowest BCUT2D eigenvalue weighted by Crippen LogP contribution is -2.45. The maximum atomic E-state index is 12.5. The first-order chi connectivity index (χ1) is 13.6. The Bertz CT molecular complexity index is 844. The molecule has 152 valence electrons. The first kappa shape index (κ1) is 19.2. The Morgan fingerprint density at radius 1 is 1.39 bits per heavy atom. The van der Waals surface area contributed by atoms with Gasteiger partial charge in [0.15, 0.2) is 23.8 Å². The molecule has 4 heterocycles. The molecule has 4 atom stereocenters. The highest BCUT2D eigenvalue weighted by Crippen LogP contribution is 2.35. The average molecular weight is 410 g/mol. The van der Waals surface area contributed by atoms with Crippen molar-refractivity contribution in [3.8, 4) is 0 Å². The number of morpholine rings is 1. The maximum absolute atomic E-state index is 12.5. The largest absolute Gasteiger partial charge is 0.440 e. The second-order valence-corrected chi connectivity index (χ2v) is 7.45. The van der Waals surface area contributed by atoms with Crippen molar-refractivity contribution in [1.82, 2.24) is 24.4 Å². The minimum atomic E-state index is -1.09. The third-order valence-corrected chi connectivity index (χ3v) is 5.47. The van der Waals surface area contributed by atoms with E-state index in [1.54, 1.807) is 21.2 Å². The van der Waals surface area contributed by atoms with Crippen LogP contribution in [-0.4, -0.2) is 92.2 Å². The van der Waals surface area contributed by atoms with Gasteiger partial charge >= 0.3 is 6.09 Å². The quantitative estimate of drug-likeness (QED) is 0.701. The fourth-order valence-corrected chi connectivity index (χ4v) is 3.98. The molecule has 2 aromatic heterocycles. The number of hydrogen-bond acceptors (Lipinski definition) is 10. The van der Waals surface area contributed by atoms with Gasteiger partial charge in [0, 0.05) is 18.8 Å². The number of nitrogens with zero attached hydrogens (tertiary/aromatic N) is 5. The number of rotatable bonds is 4. The molecule has 28 heavy (non-hydrogen) atoms. The molecule has 2 fully saturated rings. The van der Waals surface area contributed by atoms with E-state index in [2.05, 4.69) is 15.0 Å². The molecule has 0 saturated carbocycles. The van der Waals surface area contributed by atoms with Crippen LogP contribution in [0.4, 0.5) is 10.6 Å². The number of amides is 1. The van der Waals surface area contributed by atoms with Crippen molar-refractivity contribution in [2.45, 2.75) is 24.5 Å². The summed E-state index contributed by atoms with van der Waals surface area (Å²) >= 11 is 1.54. The van der Waals surface area contributed by atoms with Crippen LogP contribution >= 0.6 is 11.8 Å². The third kappa shape index (κ3) is 3.48. The third-order valence-electron chi connectivity index (χ3n) is 4.81. The Labute approximate surface area is 165 Å². The van der Waals surface area contributed by atoms with Gasteiger partial charge in [0.05, 0.1) is 19.5 Å². The maximum Gasteiger partial charge on any atom is 0.410 e. The molecule has 2 aromatic rings. The zero-order chi connectivity index (χ0) is 19.7. The minimum absolute atomic E-state index is 0.243. The van der Waals surface area contributed by atoms with Gasteiger partial charge in [-0.3, -0.25) is 4.57 Å². The van der Waals surface area contributed by atoms with E-state index in [0.29, 0.717) is 43.2 Å². The number of aliphatic hydroxyl groups excluding tert-OH is 1. The van der Waals surface area contributed by atoms with E-state index in [1.165, 1.54) is 12.7 Å². The van der Waals surface area contributed by atoms with Crippen molar-refractivity contribution in [1.29, 1.82) is 0 Å². The van der Waals surface area contributed by atoms with Gasteiger partial charge in [-0.05, 0) is 6.26 Å². The topological polar surface area (TPSA) is 138 Å². The van der Waals surface area contributed by atoms with Crippen LogP contribution in [-0.2, 0) is 14.2 Å². The zero-order valence-electron chi connectivity index (χ0n) is 15.3. The van der Waals surface area contributed by atoms with Gasteiger partial charge in [-0.2, -0.15) is 11.8 Å². The molecule has 12 heteroatoms. The molecule has 1 amide bonds. The molecule has 0 spiro atoms. The molecule has 0 bridgehead atoms. The lowest BCUT2D eigenvalue weighted by Gasteiger charge is -2.29. The molecule has 2 aliphatic rings. The predicted octanol–water partition coefficient (Wildman–Crippen LogP) is -0.133. The van der Waals surface area contributed by atoms with Crippen LogP contribution < -0.4 is 5.73 Å². The Kier molecular flexibility index (Phi) is 5.53. The SMILES string of the molecule is CSC[C@H]1O[C@@H](n2cnc3c(N)ncnc32)[C@@H](O)C1OC(=O)N1CCOCC1. The van der Waals surface area contributed by atoms with Gasteiger partial charge in [-0.15, -0.1) is 0 Å². The van der Waals surface area contributed by atoms with E-state index >= 15 is 0 Å². The Balaban J connectivity index is 1.56. The number of aliphatic hydroxyl groups is 1. The van der Waals surface area contributed by atoms with Gasteiger partial charge < -0.3 is 30.0 Å². The highest BCUT2D eigenvalue weighted by atomic mass is 32.2. The highest BCUT2D eigenvalue weighted by molar-refractivity contribution is 7.98. The smallest absolute Gasteiger partial charge is 0.410 e. The molecule has 0 aromatic carbocycles. The number of nitrogen functional groups attached to an aromatic ring is 1. The second kappa shape index (κ2) is 8.07. The molecule has 2 saturated heterocycles. The number of carbonyl (C=O) groups is 1. The molecule has 1 unspecified atom stereocenters. The molecule has 2 aliphatic heterocycles. The van der Waals surface area contributed by atoms with Crippen LogP contribution in [0.15, 0.2) is 12.7 Å². The van der Waals surface area contributed by atoms with E-state index in [0.717, 1.165) is 0 Å². The van der Waals surface area contributed by atoms with Gasteiger partial charge in [0.2, 0.25) is 0 Å². The lowest BCUT2D eigenvalue weighted by atomic mass is 10.1. The Hall–Kier alpha value is -2.15. The van der Waals surface area contributed by atoms with Crippen molar-refractivity contribution in [3.63, 3.8) is 0 Å². The summed E-state index contributed by atoms with van der Waals surface area (Å²) in [6.45, 7) is 1.86. The fraction of sp³-hybridized carbons (Fsp3) is 0.625. The van der Waals surface area contributed by atoms with Gasteiger partial charge in [0.1, 0.15) is 24.1 Å². The summed E-state index contributed by atoms with van der Waals surface area (Å²) in [5.41, 5.74) is 6.70. The number of nitrogens with two attached hydrogens (primary N) is 1. The van der Waals surface area contributed by atoms with Crippen LogP contribution in [0, 0.1) is 0 Å². The lowest BCUT2D eigenvalue weighted by molar-refractivity contribution is -0.0304. The Morgan fingerprint density at radius 3 is 2.93 bits per heavy atom. The van der Waals surface area contributed by atoms with Crippen LogP contribution in [0.2, 0.25) is 0 Å². The monoisotopic (exact) mass is 410 g/mol. The molecule has 11 nitrogen and oxygen atoms in total. The van der Waals surface area contributed by atoms with Crippen LogP contribution in [0.25, 0.3) is 11.2 Å². The van der Waals surface area contributed by atoms with E-state index in [1.807, 2.05) is 6.26 Å². The van der Waals surface area contributed by atoms with Crippen molar-refractivity contribution in [3.05, 3.63) is 12.7 Å². The van der Waals surface area contributed by atoms with Crippen molar-refractivity contribution < 1.29 is 24.1 Å².